The van der Waals surface area contributed by atoms with Crippen LogP contribution in [0.2, 0.25) is 0 Å². The first-order valence-electron chi connectivity index (χ1n) is 7.92. The van der Waals surface area contributed by atoms with Crippen molar-refractivity contribution < 1.29 is 9.53 Å². The van der Waals surface area contributed by atoms with E-state index in [-0.39, 0.29) is 5.91 Å². The third-order valence-electron chi connectivity index (χ3n) is 4.18. The van der Waals surface area contributed by atoms with Gasteiger partial charge in [-0.2, -0.15) is 0 Å². The van der Waals surface area contributed by atoms with Crippen LogP contribution in [0.5, 0.6) is 5.75 Å². The number of benzene rings is 2. The number of thiophene rings is 1. The van der Waals surface area contributed by atoms with Crippen molar-refractivity contribution in [1.82, 2.24) is 0 Å². The SMILES string of the molecule is Cc1ccc(-c2ccsc2C(=O)Nc2ccc3c(c2)CCO3)cc1. The molecule has 0 saturated carbocycles. The maximum atomic E-state index is 12.7. The smallest absolute Gasteiger partial charge is 0.266 e. The molecule has 0 unspecified atom stereocenters. The number of fused-ring (bicyclic) bond motifs is 1. The highest BCUT2D eigenvalue weighted by molar-refractivity contribution is 7.12. The van der Waals surface area contributed by atoms with Gasteiger partial charge in [0, 0.05) is 17.7 Å². The van der Waals surface area contributed by atoms with Crippen LogP contribution in [0.15, 0.2) is 53.9 Å². The van der Waals surface area contributed by atoms with E-state index in [9.17, 15) is 4.79 Å². The third-order valence-corrected chi connectivity index (χ3v) is 5.09. The van der Waals surface area contributed by atoms with Crippen molar-refractivity contribution in [2.75, 3.05) is 11.9 Å². The van der Waals surface area contributed by atoms with Crippen LogP contribution in [0, 0.1) is 6.92 Å². The van der Waals surface area contributed by atoms with Gasteiger partial charge in [0.05, 0.1) is 11.5 Å². The number of ether oxygens (including phenoxy) is 1. The second-order valence-electron chi connectivity index (χ2n) is 5.90. The van der Waals surface area contributed by atoms with E-state index in [0.29, 0.717) is 0 Å². The number of carbonyl (C=O) groups is 1. The van der Waals surface area contributed by atoms with E-state index in [0.717, 1.165) is 46.0 Å². The van der Waals surface area contributed by atoms with E-state index in [1.54, 1.807) is 0 Å². The van der Waals surface area contributed by atoms with Gasteiger partial charge in [0.2, 0.25) is 0 Å². The van der Waals surface area contributed by atoms with Crippen molar-refractivity contribution in [3.63, 3.8) is 0 Å². The molecule has 0 radical (unpaired) electrons. The molecule has 0 aliphatic carbocycles. The summed E-state index contributed by atoms with van der Waals surface area (Å²) in [7, 11) is 0. The molecule has 2 heterocycles. The lowest BCUT2D eigenvalue weighted by Gasteiger charge is -2.08. The molecule has 1 N–H and O–H groups in total. The van der Waals surface area contributed by atoms with Crippen molar-refractivity contribution >= 4 is 22.9 Å². The Bertz CT molecular complexity index is 896. The van der Waals surface area contributed by atoms with Crippen LogP contribution < -0.4 is 10.1 Å². The fourth-order valence-corrected chi connectivity index (χ4v) is 3.71. The van der Waals surface area contributed by atoms with Gasteiger partial charge < -0.3 is 10.1 Å². The fraction of sp³-hybridized carbons (Fsp3) is 0.150. The molecule has 0 spiro atoms. The number of rotatable bonds is 3. The van der Waals surface area contributed by atoms with Gasteiger partial charge in [0.15, 0.2) is 0 Å². The molecule has 1 amide bonds. The average Bonchev–Trinajstić information content (AvgIpc) is 3.24. The second-order valence-corrected chi connectivity index (χ2v) is 6.82. The zero-order chi connectivity index (χ0) is 16.5. The van der Waals surface area contributed by atoms with E-state index in [2.05, 4.69) is 36.5 Å². The highest BCUT2D eigenvalue weighted by atomic mass is 32.1. The zero-order valence-electron chi connectivity index (χ0n) is 13.3. The lowest BCUT2D eigenvalue weighted by atomic mass is 10.0. The molecule has 1 aromatic heterocycles. The third kappa shape index (κ3) is 2.81. The summed E-state index contributed by atoms with van der Waals surface area (Å²) in [5, 5.41) is 4.97. The molecule has 0 saturated heterocycles. The van der Waals surface area contributed by atoms with Gasteiger partial charge in [-0.3, -0.25) is 4.79 Å². The quantitative estimate of drug-likeness (QED) is 0.738. The Labute approximate surface area is 144 Å². The van der Waals surface area contributed by atoms with Crippen molar-refractivity contribution in [2.45, 2.75) is 13.3 Å². The highest BCUT2D eigenvalue weighted by Crippen LogP contribution is 2.31. The summed E-state index contributed by atoms with van der Waals surface area (Å²) in [6, 6.07) is 16.1. The predicted octanol–water partition coefficient (Wildman–Crippen LogP) is 4.91. The van der Waals surface area contributed by atoms with E-state index in [1.165, 1.54) is 16.9 Å². The number of aryl methyl sites for hydroxylation is 1. The molecule has 0 bridgehead atoms. The van der Waals surface area contributed by atoms with Gasteiger partial charge in [-0.1, -0.05) is 29.8 Å². The van der Waals surface area contributed by atoms with Gasteiger partial charge in [0.25, 0.3) is 5.91 Å². The molecule has 0 atom stereocenters. The Morgan fingerprint density at radius 3 is 2.79 bits per heavy atom. The molecule has 3 aromatic rings. The lowest BCUT2D eigenvalue weighted by molar-refractivity contribution is 0.103. The largest absolute Gasteiger partial charge is 0.493 e. The van der Waals surface area contributed by atoms with Crippen molar-refractivity contribution in [3.05, 3.63) is 69.9 Å². The minimum absolute atomic E-state index is 0.0700. The van der Waals surface area contributed by atoms with Gasteiger partial charge in [0.1, 0.15) is 5.75 Å². The van der Waals surface area contributed by atoms with E-state index in [4.69, 9.17) is 4.74 Å². The number of hydrogen-bond acceptors (Lipinski definition) is 3. The molecule has 3 nitrogen and oxygen atoms in total. The Balaban J connectivity index is 1.59. The summed E-state index contributed by atoms with van der Waals surface area (Å²) in [5.41, 5.74) is 5.21. The molecule has 4 heteroatoms. The van der Waals surface area contributed by atoms with Crippen LogP contribution >= 0.6 is 11.3 Å². The molecule has 4 rings (SSSR count). The first kappa shape index (κ1) is 15.0. The van der Waals surface area contributed by atoms with Crippen LogP contribution in [0.1, 0.15) is 20.8 Å². The molecular formula is C20H17NO2S. The Hall–Kier alpha value is -2.59. The van der Waals surface area contributed by atoms with E-state index < -0.39 is 0 Å². The van der Waals surface area contributed by atoms with Gasteiger partial charge in [-0.25, -0.2) is 0 Å². The van der Waals surface area contributed by atoms with Crippen molar-refractivity contribution in [1.29, 1.82) is 0 Å². The minimum Gasteiger partial charge on any atom is -0.493 e. The first-order valence-corrected chi connectivity index (χ1v) is 8.80. The zero-order valence-corrected chi connectivity index (χ0v) is 14.2. The first-order chi connectivity index (χ1) is 11.7. The number of anilines is 1. The Kier molecular flexibility index (Phi) is 3.82. The Morgan fingerprint density at radius 1 is 1.12 bits per heavy atom. The van der Waals surface area contributed by atoms with Gasteiger partial charge >= 0.3 is 0 Å². The summed E-state index contributed by atoms with van der Waals surface area (Å²) in [6.45, 7) is 2.78. The Morgan fingerprint density at radius 2 is 1.96 bits per heavy atom. The average molecular weight is 335 g/mol. The normalized spacial score (nSPS) is 12.5. The molecule has 1 aliphatic heterocycles. The predicted molar refractivity (Wildman–Crippen MR) is 98.1 cm³/mol. The molecule has 1 aliphatic rings. The maximum absolute atomic E-state index is 12.7. The summed E-state index contributed by atoms with van der Waals surface area (Å²) in [5.74, 6) is 0.851. The monoisotopic (exact) mass is 335 g/mol. The van der Waals surface area contributed by atoms with Crippen LogP contribution in [-0.4, -0.2) is 12.5 Å². The van der Waals surface area contributed by atoms with Crippen molar-refractivity contribution in [3.8, 4) is 16.9 Å². The van der Waals surface area contributed by atoms with Gasteiger partial charge in [-0.05, 0) is 47.7 Å². The number of nitrogens with one attached hydrogen (secondary N) is 1. The maximum Gasteiger partial charge on any atom is 0.266 e. The van der Waals surface area contributed by atoms with Crippen molar-refractivity contribution in [2.24, 2.45) is 0 Å². The lowest BCUT2D eigenvalue weighted by Crippen LogP contribution is -2.11. The number of amides is 1. The minimum atomic E-state index is -0.0700. The summed E-state index contributed by atoms with van der Waals surface area (Å²) >= 11 is 1.46. The van der Waals surface area contributed by atoms with Crippen LogP contribution in [0.4, 0.5) is 5.69 Å². The summed E-state index contributed by atoms with van der Waals surface area (Å²) < 4.78 is 5.51. The molecule has 2 aromatic carbocycles. The topological polar surface area (TPSA) is 38.3 Å². The van der Waals surface area contributed by atoms with Crippen LogP contribution in [0.3, 0.4) is 0 Å². The van der Waals surface area contributed by atoms with Gasteiger partial charge in [-0.15, -0.1) is 11.3 Å². The standard InChI is InChI=1S/C20H17NO2S/c1-13-2-4-14(5-3-13)17-9-11-24-19(17)20(22)21-16-6-7-18-15(12-16)8-10-23-18/h2-7,9,11-12H,8,10H2,1H3,(H,21,22). The summed E-state index contributed by atoms with van der Waals surface area (Å²) in [6.07, 6.45) is 0.895. The molecule has 0 fully saturated rings. The van der Waals surface area contributed by atoms with E-state index in [1.807, 2.05) is 29.6 Å². The molecule has 24 heavy (non-hydrogen) atoms. The summed E-state index contributed by atoms with van der Waals surface area (Å²) in [4.78, 5) is 13.4. The van der Waals surface area contributed by atoms with Crippen LogP contribution in [0.25, 0.3) is 11.1 Å². The molecular weight excluding hydrogens is 318 g/mol. The fourth-order valence-electron chi connectivity index (χ4n) is 2.90. The second kappa shape index (κ2) is 6.13. The molecule has 120 valence electrons. The van der Waals surface area contributed by atoms with E-state index >= 15 is 0 Å². The number of carbonyl (C=O) groups excluding carboxylic acids is 1. The highest BCUT2D eigenvalue weighted by Gasteiger charge is 2.17. The number of hydrogen-bond donors (Lipinski definition) is 1. The van der Waals surface area contributed by atoms with Crippen LogP contribution in [-0.2, 0) is 6.42 Å².